The number of carbonyl (C=O) groups is 1. The fourth-order valence-electron chi connectivity index (χ4n) is 1.24. The third-order valence-electron chi connectivity index (χ3n) is 1.94. The van der Waals surface area contributed by atoms with Gasteiger partial charge in [0.25, 0.3) is 0 Å². The van der Waals surface area contributed by atoms with Gasteiger partial charge in [0.1, 0.15) is 0 Å². The van der Waals surface area contributed by atoms with E-state index >= 15 is 0 Å². The van der Waals surface area contributed by atoms with Crippen molar-refractivity contribution in [3.05, 3.63) is 22.2 Å². The number of hydrogen-bond acceptors (Lipinski definition) is 2. The molecule has 0 amide bonds. The van der Waals surface area contributed by atoms with Gasteiger partial charge in [0.05, 0.1) is 5.60 Å². The van der Waals surface area contributed by atoms with Gasteiger partial charge in [-0.15, -0.1) is 0 Å². The third-order valence-corrected chi connectivity index (χ3v) is 2.49. The molecule has 3 heteroatoms. The Labute approximate surface area is 80.1 Å². The Bertz CT molecular complexity index is 274. The van der Waals surface area contributed by atoms with Crippen LogP contribution in [0.25, 0.3) is 0 Å². The molecule has 0 aromatic rings. The smallest absolute Gasteiger partial charge is 0.158 e. The van der Waals surface area contributed by atoms with Gasteiger partial charge in [0, 0.05) is 10.1 Å². The second-order valence-electron chi connectivity index (χ2n) is 3.18. The molecular weight excluding hydrogens is 220 g/mol. The van der Waals surface area contributed by atoms with Crippen LogP contribution in [0.15, 0.2) is 22.2 Å². The summed E-state index contributed by atoms with van der Waals surface area (Å²) >= 11 is 3.27. The Hall–Kier alpha value is -0.410. The Kier molecular flexibility index (Phi) is 2.54. The molecule has 0 saturated carbocycles. The molecule has 0 fully saturated rings. The van der Waals surface area contributed by atoms with E-state index in [-0.39, 0.29) is 5.78 Å². The summed E-state index contributed by atoms with van der Waals surface area (Å²) in [5, 5.41) is 9.77. The molecule has 0 heterocycles. The van der Waals surface area contributed by atoms with Crippen molar-refractivity contribution in [3.63, 3.8) is 0 Å². The molecule has 66 valence electrons. The molecule has 1 unspecified atom stereocenters. The van der Waals surface area contributed by atoms with Crippen LogP contribution in [0.2, 0.25) is 0 Å². The number of ketones is 1. The first-order valence-electron chi connectivity index (χ1n) is 3.74. The summed E-state index contributed by atoms with van der Waals surface area (Å²) in [4.78, 5) is 11.1. The van der Waals surface area contributed by atoms with Crippen molar-refractivity contribution in [3.8, 4) is 0 Å². The Balaban J connectivity index is 3.05. The summed E-state index contributed by atoms with van der Waals surface area (Å²) < 4.78 is 0.860. The summed E-state index contributed by atoms with van der Waals surface area (Å²) in [5.41, 5.74) is -0.528. The largest absolute Gasteiger partial charge is 0.385 e. The molecule has 1 aliphatic carbocycles. The van der Waals surface area contributed by atoms with E-state index in [0.717, 1.165) is 4.48 Å². The Morgan fingerprint density at radius 1 is 1.75 bits per heavy atom. The summed E-state index contributed by atoms with van der Waals surface area (Å²) in [6.07, 6.45) is 4.01. The van der Waals surface area contributed by atoms with E-state index in [9.17, 15) is 9.90 Å². The molecule has 1 rings (SSSR count). The third kappa shape index (κ3) is 1.84. The van der Waals surface area contributed by atoms with Gasteiger partial charge in [-0.1, -0.05) is 22.0 Å². The van der Waals surface area contributed by atoms with Crippen LogP contribution < -0.4 is 0 Å². The molecule has 0 aromatic heterocycles. The fraction of sp³-hybridized carbons (Fsp3) is 0.444. The molecule has 0 aliphatic heterocycles. The lowest BCUT2D eigenvalue weighted by molar-refractivity contribution is -0.115. The van der Waals surface area contributed by atoms with E-state index in [1.165, 1.54) is 6.92 Å². The number of allylic oxidation sites excluding steroid dienone is 2. The van der Waals surface area contributed by atoms with Crippen LogP contribution in [-0.2, 0) is 4.79 Å². The molecule has 1 atom stereocenters. The highest BCUT2D eigenvalue weighted by atomic mass is 79.9. The monoisotopic (exact) mass is 230 g/mol. The van der Waals surface area contributed by atoms with E-state index in [1.54, 1.807) is 13.0 Å². The van der Waals surface area contributed by atoms with Crippen molar-refractivity contribution in [2.45, 2.75) is 25.9 Å². The summed E-state index contributed by atoms with van der Waals surface area (Å²) in [6.45, 7) is 3.11. The molecule has 0 bridgehead atoms. The molecule has 0 radical (unpaired) electrons. The fourth-order valence-corrected chi connectivity index (χ4v) is 1.63. The van der Waals surface area contributed by atoms with Crippen molar-refractivity contribution >= 4 is 21.7 Å². The Morgan fingerprint density at radius 3 is 2.75 bits per heavy atom. The second kappa shape index (κ2) is 3.15. The molecule has 0 saturated heterocycles. The van der Waals surface area contributed by atoms with Crippen molar-refractivity contribution in [1.29, 1.82) is 0 Å². The van der Waals surface area contributed by atoms with Crippen LogP contribution in [-0.4, -0.2) is 16.5 Å². The minimum atomic E-state index is -0.997. The van der Waals surface area contributed by atoms with E-state index in [1.807, 2.05) is 6.08 Å². The summed E-state index contributed by atoms with van der Waals surface area (Å²) in [5.74, 6) is -0.0787. The zero-order chi connectivity index (χ0) is 9.35. The first-order valence-corrected chi connectivity index (χ1v) is 4.54. The zero-order valence-corrected chi connectivity index (χ0v) is 8.68. The minimum Gasteiger partial charge on any atom is -0.385 e. The molecule has 0 aromatic carbocycles. The molecule has 1 aliphatic rings. The predicted molar refractivity (Wildman–Crippen MR) is 51.0 cm³/mol. The van der Waals surface area contributed by atoms with E-state index in [0.29, 0.717) is 12.0 Å². The molecule has 12 heavy (non-hydrogen) atoms. The maximum atomic E-state index is 11.1. The number of carbonyl (C=O) groups excluding carboxylic acids is 1. The highest BCUT2D eigenvalue weighted by molar-refractivity contribution is 9.11. The average molecular weight is 231 g/mol. The van der Waals surface area contributed by atoms with Crippen molar-refractivity contribution in [2.75, 3.05) is 0 Å². The minimum absolute atomic E-state index is 0.0787. The van der Waals surface area contributed by atoms with Gasteiger partial charge < -0.3 is 5.11 Å². The van der Waals surface area contributed by atoms with E-state index in [2.05, 4.69) is 15.9 Å². The maximum absolute atomic E-state index is 11.1. The van der Waals surface area contributed by atoms with Gasteiger partial charge >= 0.3 is 0 Å². The standard InChI is InChI=1S/C9H11BrO2/c1-6(11)8-5-7(10)3-4-9(8,2)12/h3,5,12H,4H2,1-2H3. The Morgan fingerprint density at radius 2 is 2.33 bits per heavy atom. The summed E-state index contributed by atoms with van der Waals surface area (Å²) in [6, 6.07) is 0. The van der Waals surface area contributed by atoms with Gasteiger partial charge in [0.15, 0.2) is 5.78 Å². The lowest BCUT2D eigenvalue weighted by Crippen LogP contribution is -2.31. The van der Waals surface area contributed by atoms with Crippen molar-refractivity contribution in [2.24, 2.45) is 0 Å². The number of rotatable bonds is 1. The van der Waals surface area contributed by atoms with Gasteiger partial charge in [-0.25, -0.2) is 0 Å². The number of halogens is 1. The highest BCUT2D eigenvalue weighted by Crippen LogP contribution is 2.30. The molecular formula is C9H11BrO2. The molecule has 2 nitrogen and oxygen atoms in total. The summed E-state index contributed by atoms with van der Waals surface area (Å²) in [7, 11) is 0. The first kappa shape index (κ1) is 9.68. The quantitative estimate of drug-likeness (QED) is 0.748. The van der Waals surface area contributed by atoms with Crippen LogP contribution in [0.5, 0.6) is 0 Å². The van der Waals surface area contributed by atoms with Gasteiger partial charge in [-0.05, 0) is 26.3 Å². The van der Waals surface area contributed by atoms with Crippen LogP contribution in [0.1, 0.15) is 20.3 Å². The normalized spacial score (nSPS) is 29.3. The molecule has 0 spiro atoms. The number of hydrogen-bond donors (Lipinski definition) is 1. The van der Waals surface area contributed by atoms with Gasteiger partial charge in [-0.3, -0.25) is 4.79 Å². The van der Waals surface area contributed by atoms with Crippen LogP contribution >= 0.6 is 15.9 Å². The second-order valence-corrected chi connectivity index (χ2v) is 4.10. The zero-order valence-electron chi connectivity index (χ0n) is 7.10. The topological polar surface area (TPSA) is 37.3 Å². The SMILES string of the molecule is CC(=O)C1=CC(Br)=CCC1(C)O. The van der Waals surface area contributed by atoms with Crippen molar-refractivity contribution in [1.82, 2.24) is 0 Å². The predicted octanol–water partition coefficient (Wildman–Crippen LogP) is 1.94. The van der Waals surface area contributed by atoms with E-state index < -0.39 is 5.60 Å². The molecule has 1 N–H and O–H groups in total. The van der Waals surface area contributed by atoms with Crippen LogP contribution in [0.3, 0.4) is 0 Å². The lowest BCUT2D eigenvalue weighted by atomic mass is 9.86. The number of aliphatic hydroxyl groups is 1. The lowest BCUT2D eigenvalue weighted by Gasteiger charge is -2.26. The van der Waals surface area contributed by atoms with Crippen molar-refractivity contribution < 1.29 is 9.90 Å². The average Bonchev–Trinajstić information content (AvgIpc) is 1.94. The number of Topliss-reactive ketones (excluding diaryl/α,β-unsaturated/α-hetero) is 1. The first-order chi connectivity index (χ1) is 5.43. The highest BCUT2D eigenvalue weighted by Gasteiger charge is 2.30. The van der Waals surface area contributed by atoms with Crippen LogP contribution in [0, 0.1) is 0 Å². The van der Waals surface area contributed by atoms with Crippen LogP contribution in [0.4, 0.5) is 0 Å². The maximum Gasteiger partial charge on any atom is 0.158 e. The van der Waals surface area contributed by atoms with Gasteiger partial charge in [0.2, 0.25) is 0 Å². The van der Waals surface area contributed by atoms with E-state index in [4.69, 9.17) is 0 Å². The van der Waals surface area contributed by atoms with Gasteiger partial charge in [-0.2, -0.15) is 0 Å².